The summed E-state index contributed by atoms with van der Waals surface area (Å²) in [4.78, 5) is 29.0. The zero-order chi connectivity index (χ0) is 53.0. The second kappa shape index (κ2) is 114. The Morgan fingerprint density at radius 1 is 0.216 bits per heavy atom. The number of ether oxygens (including phenoxy) is 16. The first-order valence-corrected chi connectivity index (χ1v) is 24.8. The van der Waals surface area contributed by atoms with Crippen LogP contribution in [0.25, 0.3) is 0 Å². The van der Waals surface area contributed by atoms with Crippen LogP contribution in [0.15, 0.2) is 0 Å². The van der Waals surface area contributed by atoms with Crippen molar-refractivity contribution in [3.05, 3.63) is 19.6 Å². The third kappa shape index (κ3) is 117. The fourth-order valence-corrected chi connectivity index (χ4v) is 4.68. The largest absolute Gasteiger partial charge is 0.436 e. The Bertz CT molecular complexity index is 634. The van der Waals surface area contributed by atoms with Crippen molar-refractivity contribution >= 4 is 118 Å². The summed E-state index contributed by atoms with van der Waals surface area (Å²) < 4.78 is 86.0. The topological polar surface area (TPSA) is 305 Å². The molecule has 74 heavy (non-hydrogen) atoms. The van der Waals surface area contributed by atoms with Crippen LogP contribution in [0.4, 0.5) is 0 Å². The van der Waals surface area contributed by atoms with E-state index < -0.39 is 0 Å². The van der Waals surface area contributed by atoms with Crippen molar-refractivity contribution in [1.82, 2.24) is 22.4 Å². The van der Waals surface area contributed by atoms with E-state index in [0.717, 1.165) is 52.9 Å². The van der Waals surface area contributed by atoms with Crippen LogP contribution in [0.2, 0.25) is 0 Å². The molecule has 0 aliphatic carbocycles. The molecule has 0 amide bonds. The van der Waals surface area contributed by atoms with Gasteiger partial charge in [0.1, 0.15) is 22.4 Å². The fraction of sp³-hybridized carbons (Fsp3) is 0.952. The van der Waals surface area contributed by atoms with Gasteiger partial charge in [-0.15, -0.1) is 19.6 Å². The summed E-state index contributed by atoms with van der Waals surface area (Å²) in [5.41, 5.74) is 23.0. The summed E-state index contributed by atoms with van der Waals surface area (Å²) in [6.45, 7) is 22.1. The molecule has 6 saturated heterocycles. The van der Waals surface area contributed by atoms with Gasteiger partial charge in [0, 0.05) is 146 Å². The minimum absolute atomic E-state index is 0. The molecule has 6 fully saturated rings. The van der Waals surface area contributed by atoms with Gasteiger partial charge >= 0.3 is 0 Å². The summed E-state index contributed by atoms with van der Waals surface area (Å²) in [6, 6.07) is 0. The average molecular weight is 1250 g/mol. The van der Waals surface area contributed by atoms with E-state index >= 15 is 0 Å². The van der Waals surface area contributed by atoms with Gasteiger partial charge in [0.25, 0.3) is 0 Å². The van der Waals surface area contributed by atoms with Crippen LogP contribution in [0.5, 0.6) is 0 Å². The van der Waals surface area contributed by atoms with Crippen LogP contribution in [-0.4, -0.2) is 280 Å². The molecule has 6 radical (unpaired) electrons. The van der Waals surface area contributed by atoms with Crippen LogP contribution < -0.4 is 22.4 Å². The maximum Gasteiger partial charge on any atom is 0.120 e. The van der Waals surface area contributed by atoms with E-state index in [1.807, 2.05) is 0 Å². The molecular formula is C42H82Fe2N4Na2O20S4-2. The second-order valence-electron chi connectivity index (χ2n) is 12.8. The number of thiocarbonyl (C=S) groups is 2. The molecule has 0 aromatic carbocycles. The molecule has 0 spiro atoms. The molecular weight excluding hydrogens is 1170 g/mol. The normalized spacial score (nSPS) is 18.7. The third-order valence-electron chi connectivity index (χ3n) is 7.77. The van der Waals surface area contributed by atoms with Crippen molar-refractivity contribution < 1.29 is 110 Å². The molecule has 6 heterocycles. The van der Waals surface area contributed by atoms with E-state index in [-0.39, 0.29) is 93.3 Å². The first-order chi connectivity index (χ1) is 34.8. The summed E-state index contributed by atoms with van der Waals surface area (Å²) in [7, 11) is 0. The molecule has 32 heteroatoms. The van der Waals surface area contributed by atoms with E-state index in [2.05, 4.69) is 49.7 Å². The zero-order valence-corrected chi connectivity index (χ0v) is 53.2. The van der Waals surface area contributed by atoms with E-state index in [4.69, 9.17) is 118 Å². The number of hydrogen-bond donors (Lipinski definition) is 0. The van der Waals surface area contributed by atoms with Crippen LogP contribution >= 0.6 is 24.4 Å². The summed E-state index contributed by atoms with van der Waals surface area (Å²) >= 11 is 16.3. The Hall–Kier alpha value is 1.42. The van der Waals surface area contributed by atoms with Crippen LogP contribution in [0.3, 0.4) is 0 Å². The maximum atomic E-state index is 7.25. The maximum absolute atomic E-state index is 7.25. The molecule has 0 aromatic rings. The van der Waals surface area contributed by atoms with Crippen molar-refractivity contribution in [2.45, 2.75) is 51.4 Å². The summed E-state index contributed by atoms with van der Waals surface area (Å²) in [5, 5.41) is 0. The Balaban J connectivity index is -0.0000000836. The number of nitrogens with zero attached hydrogens (tertiary/aromatic N) is 4. The van der Waals surface area contributed by atoms with Gasteiger partial charge in [0.05, 0.1) is 159 Å². The van der Waals surface area contributed by atoms with Gasteiger partial charge in [-0.05, 0) is 51.4 Å². The molecule has 0 bridgehead atoms. The SMILES string of the molecule is C1CCOC1.C1CCOC1.C1CCOC1.C1CCOC1.C1COCCOCCOCCOCCOCCO1.C1COCCOCCOCCOCCOCCO1.S=C[S-].S=C[S-].[Fe].[Fe].[N]=O.[N]=O.[N]=O.[N]=O.[Na].[Na]. The molecule has 24 nitrogen and oxygen atoms in total. The van der Waals surface area contributed by atoms with Gasteiger partial charge in [0.2, 0.25) is 0 Å². The van der Waals surface area contributed by atoms with Crippen LogP contribution in [0, 0.1) is 19.6 Å². The molecule has 0 saturated carbocycles. The van der Waals surface area contributed by atoms with Crippen LogP contribution in [0.1, 0.15) is 51.4 Å². The minimum Gasteiger partial charge on any atom is -0.436 e. The van der Waals surface area contributed by atoms with Gasteiger partial charge in [0.15, 0.2) is 0 Å². The molecule has 0 aromatic heterocycles. The van der Waals surface area contributed by atoms with Gasteiger partial charge in [-0.2, -0.15) is 9.40 Å². The van der Waals surface area contributed by atoms with Crippen molar-refractivity contribution in [2.24, 2.45) is 0 Å². The Labute approximate surface area is 528 Å². The standard InChI is InChI=1S/2C12H24O6.4C4H8O.2CH2S2.2Fe.4NO.2Na/c2*1-2-14-5-6-16-9-10-18-12-11-17-8-7-15-4-3-13-1;4*1-2-4-5-3-1;2*2-1-3;;;4*1-2;;/h2*1-12H2;4*1-4H2;2*1H,(H,2,3);;;;;;;;/p-2. The number of nitroso groups, excluding NO2 is 4. The molecule has 6 rings (SSSR count). The fourth-order valence-electron chi connectivity index (χ4n) is 4.68. The molecule has 434 valence electrons. The van der Waals surface area contributed by atoms with Crippen molar-refractivity contribution in [3.8, 4) is 0 Å². The predicted molar refractivity (Wildman–Crippen MR) is 286 cm³/mol. The van der Waals surface area contributed by atoms with Gasteiger partial charge in [-0.1, -0.05) is 0 Å². The van der Waals surface area contributed by atoms with E-state index in [0.29, 0.717) is 159 Å². The van der Waals surface area contributed by atoms with E-state index in [1.165, 1.54) is 60.8 Å². The minimum atomic E-state index is 0. The Morgan fingerprint density at radius 3 is 0.311 bits per heavy atom. The Morgan fingerprint density at radius 2 is 0.270 bits per heavy atom. The third-order valence-corrected chi connectivity index (χ3v) is 7.77. The monoisotopic (exact) mass is 1250 g/mol. The van der Waals surface area contributed by atoms with Crippen molar-refractivity contribution in [1.29, 1.82) is 0 Å². The van der Waals surface area contributed by atoms with E-state index in [9.17, 15) is 0 Å². The van der Waals surface area contributed by atoms with E-state index in [1.54, 1.807) is 0 Å². The molecule has 0 unspecified atom stereocenters. The second-order valence-corrected chi connectivity index (χ2v) is 14.4. The van der Waals surface area contributed by atoms with Crippen molar-refractivity contribution in [3.63, 3.8) is 0 Å². The molecule has 6 aliphatic heterocycles. The smallest absolute Gasteiger partial charge is 0.120 e. The summed E-state index contributed by atoms with van der Waals surface area (Å²) in [5.74, 6) is 0. The molecule has 0 N–H and O–H groups in total. The van der Waals surface area contributed by atoms with Gasteiger partial charge in [-0.25, -0.2) is 0 Å². The first kappa shape index (κ1) is 97.6. The zero-order valence-electron chi connectivity index (χ0n) is 43.7. The quantitative estimate of drug-likeness (QED) is 0.190. The average Bonchev–Trinajstić information content (AvgIpc) is 4.28. The molecule has 6 aliphatic rings. The van der Waals surface area contributed by atoms with Crippen LogP contribution in [-0.2, 0) is 135 Å². The summed E-state index contributed by atoms with van der Waals surface area (Å²) in [6.07, 6.45) is 10.2. The van der Waals surface area contributed by atoms with Gasteiger partial charge < -0.3 is 125 Å². The van der Waals surface area contributed by atoms with Gasteiger partial charge in [-0.3, -0.25) is 0 Å². The first-order valence-electron chi connectivity index (χ1n) is 22.9. The predicted octanol–water partition coefficient (Wildman–Crippen LogP) is 1.81. The van der Waals surface area contributed by atoms with Crippen molar-refractivity contribution in [2.75, 3.05) is 211 Å². The number of rotatable bonds is 0. The molecule has 0 atom stereocenters. The Kier molecular flexibility index (Phi) is 150. The number of hydrogen-bond acceptors (Lipinski definition) is 24.